The molecule has 0 atom stereocenters. The van der Waals surface area contributed by atoms with Crippen LogP contribution >= 0.6 is 11.8 Å². The molecule has 0 saturated heterocycles. The molecule has 0 unspecified atom stereocenters. The van der Waals surface area contributed by atoms with Crippen molar-refractivity contribution in [2.45, 2.75) is 17.6 Å². The first-order valence-corrected chi connectivity index (χ1v) is 6.77. The van der Waals surface area contributed by atoms with Gasteiger partial charge in [-0.15, -0.1) is 0 Å². The van der Waals surface area contributed by atoms with Gasteiger partial charge in [0.1, 0.15) is 0 Å². The fraction of sp³-hybridized carbons (Fsp3) is 0.417. The summed E-state index contributed by atoms with van der Waals surface area (Å²) >= 11 is 1.87. The number of primary amides is 1. The third-order valence-corrected chi connectivity index (χ3v) is 4.57. The summed E-state index contributed by atoms with van der Waals surface area (Å²) in [4.78, 5) is 11.3. The molecule has 1 fully saturated rings. The van der Waals surface area contributed by atoms with E-state index in [4.69, 9.17) is 11.5 Å². The number of amides is 1. The molecule has 0 aliphatic heterocycles. The summed E-state index contributed by atoms with van der Waals surface area (Å²) in [6, 6.07) is 5.11. The van der Waals surface area contributed by atoms with Gasteiger partial charge in [0.15, 0.2) is 0 Å². The highest BCUT2D eigenvalue weighted by molar-refractivity contribution is 8.00. The molecule has 0 aromatic heterocycles. The lowest BCUT2D eigenvalue weighted by Gasteiger charge is -2.16. The van der Waals surface area contributed by atoms with Crippen LogP contribution in [0.5, 0.6) is 0 Å². The molecule has 1 saturated carbocycles. The van der Waals surface area contributed by atoms with Crippen LogP contribution in [0.2, 0.25) is 0 Å². The number of rotatable bonds is 5. The second-order valence-corrected chi connectivity index (χ2v) is 5.68. The Hall–Kier alpha value is -1.36. The number of anilines is 2. The topological polar surface area (TPSA) is 81.1 Å². The molecule has 92 valence electrons. The maximum atomic E-state index is 11.3. The van der Waals surface area contributed by atoms with Crippen LogP contribution in [0.1, 0.15) is 23.2 Å². The Morgan fingerprint density at radius 2 is 2.24 bits per heavy atom. The van der Waals surface area contributed by atoms with E-state index in [9.17, 15) is 4.79 Å². The highest BCUT2D eigenvalue weighted by atomic mass is 32.2. The number of hydrogen-bond acceptors (Lipinski definition) is 4. The van der Waals surface area contributed by atoms with Gasteiger partial charge in [-0.2, -0.15) is 11.8 Å². The minimum Gasteiger partial charge on any atom is -0.399 e. The summed E-state index contributed by atoms with van der Waals surface area (Å²) in [6.07, 6.45) is 4.55. The zero-order valence-corrected chi connectivity index (χ0v) is 10.6. The zero-order valence-electron chi connectivity index (χ0n) is 9.82. The smallest absolute Gasteiger partial charge is 0.250 e. The first-order chi connectivity index (χ1) is 8.06. The minimum atomic E-state index is -0.429. The lowest BCUT2D eigenvalue weighted by atomic mass is 10.1. The van der Waals surface area contributed by atoms with Crippen LogP contribution in [-0.4, -0.2) is 23.5 Å². The number of nitrogen functional groups attached to an aromatic ring is 1. The Bertz CT molecular complexity index is 443. The Balaban J connectivity index is 2.13. The maximum Gasteiger partial charge on any atom is 0.250 e. The van der Waals surface area contributed by atoms with E-state index in [0.29, 0.717) is 16.0 Å². The van der Waals surface area contributed by atoms with Crippen LogP contribution in [0.3, 0.4) is 0 Å². The summed E-state index contributed by atoms with van der Waals surface area (Å²) in [5.41, 5.74) is 12.9. The highest BCUT2D eigenvalue weighted by Gasteiger charge is 2.41. The quantitative estimate of drug-likeness (QED) is 0.695. The third-order valence-electron chi connectivity index (χ3n) is 3.15. The van der Waals surface area contributed by atoms with Crippen molar-refractivity contribution in [3.05, 3.63) is 23.8 Å². The Kier molecular flexibility index (Phi) is 3.19. The number of hydrogen-bond donors (Lipinski definition) is 3. The molecule has 2 rings (SSSR count). The fourth-order valence-electron chi connectivity index (χ4n) is 1.77. The van der Waals surface area contributed by atoms with Crippen molar-refractivity contribution in [1.82, 2.24) is 0 Å². The van der Waals surface area contributed by atoms with Crippen LogP contribution in [0.15, 0.2) is 18.2 Å². The lowest BCUT2D eigenvalue weighted by Crippen LogP contribution is -2.20. The van der Waals surface area contributed by atoms with Gasteiger partial charge >= 0.3 is 0 Å². The van der Waals surface area contributed by atoms with Crippen LogP contribution in [-0.2, 0) is 0 Å². The largest absolute Gasteiger partial charge is 0.399 e. The molecule has 1 aliphatic carbocycles. The summed E-state index contributed by atoms with van der Waals surface area (Å²) < 4.78 is 0.333. The molecule has 4 nitrogen and oxygen atoms in total. The molecule has 1 aromatic rings. The molecule has 1 aromatic carbocycles. The second kappa shape index (κ2) is 4.49. The van der Waals surface area contributed by atoms with Crippen molar-refractivity contribution in [3.63, 3.8) is 0 Å². The molecule has 0 radical (unpaired) electrons. The molecule has 1 aliphatic rings. The van der Waals surface area contributed by atoms with Gasteiger partial charge in [-0.25, -0.2) is 0 Å². The maximum absolute atomic E-state index is 11.3. The number of carbonyl (C=O) groups is 1. The molecule has 0 spiro atoms. The summed E-state index contributed by atoms with van der Waals surface area (Å²) in [5, 5.41) is 3.29. The number of nitrogens with one attached hydrogen (secondary N) is 1. The van der Waals surface area contributed by atoms with Gasteiger partial charge in [0.2, 0.25) is 0 Å². The number of carbonyl (C=O) groups excluding carboxylic acids is 1. The predicted octanol–water partition coefficient (Wildman–Crippen LogP) is 1.68. The van der Waals surface area contributed by atoms with Gasteiger partial charge in [-0.1, -0.05) is 0 Å². The monoisotopic (exact) mass is 251 g/mol. The molecular weight excluding hydrogens is 234 g/mol. The molecule has 0 heterocycles. The van der Waals surface area contributed by atoms with Gasteiger partial charge in [0.25, 0.3) is 5.91 Å². The Labute approximate surface area is 105 Å². The first kappa shape index (κ1) is 12.1. The van der Waals surface area contributed by atoms with Crippen LogP contribution in [0.25, 0.3) is 0 Å². The average Bonchev–Trinajstić information content (AvgIpc) is 3.07. The molecule has 17 heavy (non-hydrogen) atoms. The SMILES string of the molecule is CSC1(CNc2cc(N)ccc2C(N)=O)CC1. The van der Waals surface area contributed by atoms with Crippen LogP contribution in [0, 0.1) is 0 Å². The second-order valence-electron chi connectivity index (χ2n) is 4.41. The highest BCUT2D eigenvalue weighted by Crippen LogP contribution is 2.47. The molecule has 5 N–H and O–H groups in total. The fourth-order valence-corrected chi connectivity index (χ4v) is 2.50. The van der Waals surface area contributed by atoms with Crippen molar-refractivity contribution in [1.29, 1.82) is 0 Å². The summed E-state index contributed by atoms with van der Waals surface area (Å²) in [6.45, 7) is 0.845. The number of benzene rings is 1. The van der Waals surface area contributed by atoms with E-state index < -0.39 is 5.91 Å². The van der Waals surface area contributed by atoms with E-state index >= 15 is 0 Å². The van der Waals surface area contributed by atoms with Crippen molar-refractivity contribution >= 4 is 29.0 Å². The molecular formula is C12H17N3OS. The van der Waals surface area contributed by atoms with Crippen molar-refractivity contribution in [2.75, 3.05) is 23.9 Å². The van der Waals surface area contributed by atoms with E-state index in [1.165, 1.54) is 12.8 Å². The Morgan fingerprint density at radius 1 is 1.53 bits per heavy atom. The molecule has 5 heteroatoms. The van der Waals surface area contributed by atoms with Gasteiger partial charge in [-0.05, 0) is 37.3 Å². The van der Waals surface area contributed by atoms with Gasteiger partial charge in [0.05, 0.1) is 5.56 Å². The van der Waals surface area contributed by atoms with E-state index in [0.717, 1.165) is 12.2 Å². The van der Waals surface area contributed by atoms with E-state index in [2.05, 4.69) is 11.6 Å². The van der Waals surface area contributed by atoms with E-state index in [1.54, 1.807) is 18.2 Å². The number of nitrogens with two attached hydrogens (primary N) is 2. The van der Waals surface area contributed by atoms with E-state index in [-0.39, 0.29) is 0 Å². The standard InChI is InChI=1S/C12H17N3OS/c1-17-12(4-5-12)7-15-10-6-8(13)2-3-9(10)11(14)16/h2-3,6,15H,4-5,7,13H2,1H3,(H2,14,16). The summed E-state index contributed by atoms with van der Waals surface area (Å²) in [5.74, 6) is -0.429. The lowest BCUT2D eigenvalue weighted by molar-refractivity contribution is 0.100. The minimum absolute atomic E-state index is 0.333. The van der Waals surface area contributed by atoms with E-state index in [1.807, 2.05) is 11.8 Å². The van der Waals surface area contributed by atoms with Crippen LogP contribution in [0.4, 0.5) is 11.4 Å². The van der Waals surface area contributed by atoms with Gasteiger partial charge < -0.3 is 16.8 Å². The normalized spacial score (nSPS) is 16.5. The zero-order chi connectivity index (χ0) is 12.5. The van der Waals surface area contributed by atoms with Gasteiger partial charge in [0, 0.05) is 22.7 Å². The van der Waals surface area contributed by atoms with Crippen molar-refractivity contribution < 1.29 is 4.79 Å². The van der Waals surface area contributed by atoms with Gasteiger partial charge in [-0.3, -0.25) is 4.79 Å². The summed E-state index contributed by atoms with van der Waals surface area (Å²) in [7, 11) is 0. The van der Waals surface area contributed by atoms with Crippen molar-refractivity contribution in [3.8, 4) is 0 Å². The Morgan fingerprint density at radius 3 is 2.76 bits per heavy atom. The molecule has 1 amide bonds. The van der Waals surface area contributed by atoms with Crippen LogP contribution < -0.4 is 16.8 Å². The third kappa shape index (κ3) is 2.66. The average molecular weight is 251 g/mol. The number of thioether (sulfide) groups is 1. The first-order valence-electron chi connectivity index (χ1n) is 5.55. The molecule has 0 bridgehead atoms. The van der Waals surface area contributed by atoms with Crippen molar-refractivity contribution in [2.24, 2.45) is 5.73 Å². The predicted molar refractivity (Wildman–Crippen MR) is 73.3 cm³/mol.